The number of carbonyl (C=O) groups excluding carboxylic acids is 3. The van der Waals surface area contributed by atoms with Crippen LogP contribution < -0.4 is 16.4 Å². The van der Waals surface area contributed by atoms with E-state index in [1.54, 1.807) is 0 Å². The molecule has 3 amide bonds. The van der Waals surface area contributed by atoms with E-state index in [9.17, 15) is 14.4 Å². The number of benzene rings is 2. The van der Waals surface area contributed by atoms with Crippen LogP contribution in [-0.4, -0.2) is 29.8 Å². The lowest BCUT2D eigenvalue weighted by Gasteiger charge is -2.18. The van der Waals surface area contributed by atoms with E-state index in [0.29, 0.717) is 19.3 Å². The van der Waals surface area contributed by atoms with Crippen molar-refractivity contribution in [3.63, 3.8) is 0 Å². The van der Waals surface area contributed by atoms with Gasteiger partial charge in [-0.25, -0.2) is 0 Å². The van der Waals surface area contributed by atoms with E-state index in [4.69, 9.17) is 5.73 Å². The van der Waals surface area contributed by atoms with Gasteiger partial charge in [0.2, 0.25) is 17.7 Å². The summed E-state index contributed by atoms with van der Waals surface area (Å²) in [4.78, 5) is 35.2. The van der Waals surface area contributed by atoms with Crippen molar-refractivity contribution in [2.45, 2.75) is 31.3 Å². The van der Waals surface area contributed by atoms with E-state index >= 15 is 0 Å². The topological polar surface area (TPSA) is 101 Å². The second kappa shape index (κ2) is 7.82. The van der Waals surface area contributed by atoms with Crippen LogP contribution in [0.5, 0.6) is 0 Å². The Kier molecular flexibility index (Phi) is 5.31. The lowest BCUT2D eigenvalue weighted by molar-refractivity contribution is -0.129. The lowest BCUT2D eigenvalue weighted by atomic mass is 10.00. The fraction of sp³-hybridized carbons (Fsp3) is 0.250. The Labute approximate surface area is 151 Å². The van der Waals surface area contributed by atoms with Gasteiger partial charge in [0.05, 0.1) is 0 Å². The van der Waals surface area contributed by atoms with Gasteiger partial charge < -0.3 is 16.4 Å². The lowest BCUT2D eigenvalue weighted by Crippen LogP contribution is -2.51. The van der Waals surface area contributed by atoms with E-state index in [-0.39, 0.29) is 11.8 Å². The van der Waals surface area contributed by atoms with Crippen LogP contribution in [0.25, 0.3) is 11.1 Å². The number of amides is 3. The molecule has 6 heteroatoms. The highest BCUT2D eigenvalue weighted by Crippen LogP contribution is 2.19. The molecule has 1 aliphatic rings. The Morgan fingerprint density at radius 2 is 1.73 bits per heavy atom. The smallest absolute Gasteiger partial charge is 0.243 e. The van der Waals surface area contributed by atoms with Gasteiger partial charge in [-0.15, -0.1) is 0 Å². The molecule has 0 aliphatic carbocycles. The third kappa shape index (κ3) is 4.27. The van der Waals surface area contributed by atoms with Crippen molar-refractivity contribution in [2.24, 2.45) is 5.73 Å². The van der Waals surface area contributed by atoms with Crippen LogP contribution in [-0.2, 0) is 20.8 Å². The number of hydrogen-bond donors (Lipinski definition) is 3. The zero-order valence-electron chi connectivity index (χ0n) is 14.3. The summed E-state index contributed by atoms with van der Waals surface area (Å²) in [5.41, 5.74) is 8.51. The number of rotatable bonds is 6. The van der Waals surface area contributed by atoms with Gasteiger partial charge in [0.1, 0.15) is 12.1 Å². The van der Waals surface area contributed by atoms with Gasteiger partial charge in [-0.05, 0) is 23.1 Å². The van der Waals surface area contributed by atoms with E-state index in [2.05, 4.69) is 10.6 Å². The minimum Gasteiger partial charge on any atom is -0.368 e. The van der Waals surface area contributed by atoms with Gasteiger partial charge in [-0.3, -0.25) is 14.4 Å². The summed E-state index contributed by atoms with van der Waals surface area (Å²) in [6.07, 6.45) is 1.05. The Bertz CT molecular complexity index is 803. The van der Waals surface area contributed by atoms with Gasteiger partial charge in [-0.1, -0.05) is 54.6 Å². The molecule has 0 bridgehead atoms. The van der Waals surface area contributed by atoms with E-state index in [1.165, 1.54) is 0 Å². The number of nitrogens with one attached hydrogen (secondary N) is 2. The molecule has 26 heavy (non-hydrogen) atoms. The molecular weight excluding hydrogens is 330 g/mol. The predicted molar refractivity (Wildman–Crippen MR) is 97.9 cm³/mol. The summed E-state index contributed by atoms with van der Waals surface area (Å²) >= 11 is 0. The van der Waals surface area contributed by atoms with Gasteiger partial charge in [-0.2, -0.15) is 0 Å². The monoisotopic (exact) mass is 351 g/mol. The molecule has 0 aromatic heterocycles. The quantitative estimate of drug-likeness (QED) is 0.727. The molecular formula is C20H21N3O3. The van der Waals surface area contributed by atoms with Gasteiger partial charge in [0.25, 0.3) is 0 Å². The Hall–Kier alpha value is -3.15. The fourth-order valence-electron chi connectivity index (χ4n) is 3.01. The standard InChI is InChI=1S/C20H21N3O3/c21-19(25)17(23-20(26)16-10-11-18(24)22-16)12-13-6-8-15(9-7-13)14-4-2-1-3-5-14/h1-9,16-17H,10-12H2,(H2,21,25)(H,22,24)(H,23,26)/t16-,17-/m1/s1. The van der Waals surface area contributed by atoms with Gasteiger partial charge >= 0.3 is 0 Å². The van der Waals surface area contributed by atoms with E-state index in [0.717, 1.165) is 16.7 Å². The second-order valence-corrected chi connectivity index (χ2v) is 6.39. The SMILES string of the molecule is NC(=O)[C@@H](Cc1ccc(-c2ccccc2)cc1)NC(=O)[C@H]1CCC(=O)N1. The highest BCUT2D eigenvalue weighted by molar-refractivity contribution is 5.93. The molecule has 6 nitrogen and oxygen atoms in total. The van der Waals surface area contributed by atoms with Crippen molar-refractivity contribution >= 4 is 17.7 Å². The third-order valence-electron chi connectivity index (χ3n) is 4.47. The molecule has 0 spiro atoms. The molecule has 1 fully saturated rings. The molecule has 1 aliphatic heterocycles. The van der Waals surface area contributed by atoms with Crippen molar-refractivity contribution in [3.05, 3.63) is 60.2 Å². The molecule has 3 rings (SSSR count). The van der Waals surface area contributed by atoms with Crippen molar-refractivity contribution in [2.75, 3.05) is 0 Å². The van der Waals surface area contributed by atoms with Crippen molar-refractivity contribution < 1.29 is 14.4 Å². The molecule has 0 radical (unpaired) electrons. The number of nitrogens with two attached hydrogens (primary N) is 1. The minimum absolute atomic E-state index is 0.155. The predicted octanol–water partition coefficient (Wildman–Crippen LogP) is 1.14. The fourth-order valence-corrected chi connectivity index (χ4v) is 3.01. The van der Waals surface area contributed by atoms with E-state index in [1.807, 2.05) is 54.6 Å². The first-order valence-corrected chi connectivity index (χ1v) is 8.56. The molecule has 2 atom stereocenters. The number of carbonyl (C=O) groups is 3. The molecule has 2 aromatic rings. The van der Waals surface area contributed by atoms with Crippen LogP contribution in [0.4, 0.5) is 0 Å². The summed E-state index contributed by atoms with van der Waals surface area (Å²) < 4.78 is 0. The van der Waals surface area contributed by atoms with Crippen LogP contribution in [0, 0.1) is 0 Å². The summed E-state index contributed by atoms with van der Waals surface area (Å²) in [6.45, 7) is 0. The average molecular weight is 351 g/mol. The van der Waals surface area contributed by atoms with Gasteiger partial charge in [0.15, 0.2) is 0 Å². The Morgan fingerprint density at radius 1 is 1.08 bits per heavy atom. The average Bonchev–Trinajstić information content (AvgIpc) is 3.09. The maximum Gasteiger partial charge on any atom is 0.243 e. The molecule has 1 heterocycles. The summed E-state index contributed by atoms with van der Waals surface area (Å²) in [5.74, 6) is -1.13. The zero-order valence-corrected chi connectivity index (χ0v) is 14.3. The summed E-state index contributed by atoms with van der Waals surface area (Å²) in [6, 6.07) is 16.3. The van der Waals surface area contributed by atoms with Crippen LogP contribution in [0.15, 0.2) is 54.6 Å². The first-order chi connectivity index (χ1) is 12.5. The summed E-state index contributed by atoms with van der Waals surface area (Å²) in [7, 11) is 0. The largest absolute Gasteiger partial charge is 0.368 e. The minimum atomic E-state index is -0.817. The highest BCUT2D eigenvalue weighted by atomic mass is 16.2. The van der Waals surface area contributed by atoms with E-state index < -0.39 is 18.0 Å². The molecule has 0 saturated carbocycles. The van der Waals surface area contributed by atoms with Crippen LogP contribution in [0.2, 0.25) is 0 Å². The first-order valence-electron chi connectivity index (χ1n) is 8.56. The Balaban J connectivity index is 1.65. The number of primary amides is 1. The zero-order chi connectivity index (χ0) is 18.5. The maximum absolute atomic E-state index is 12.2. The molecule has 2 aromatic carbocycles. The van der Waals surface area contributed by atoms with Crippen LogP contribution in [0.3, 0.4) is 0 Å². The molecule has 0 unspecified atom stereocenters. The van der Waals surface area contributed by atoms with Crippen molar-refractivity contribution in [1.29, 1.82) is 0 Å². The van der Waals surface area contributed by atoms with Crippen molar-refractivity contribution in [1.82, 2.24) is 10.6 Å². The molecule has 4 N–H and O–H groups in total. The van der Waals surface area contributed by atoms with Gasteiger partial charge in [0, 0.05) is 12.8 Å². The van der Waals surface area contributed by atoms with Crippen LogP contribution in [0.1, 0.15) is 18.4 Å². The first kappa shape index (κ1) is 17.7. The van der Waals surface area contributed by atoms with Crippen LogP contribution >= 0.6 is 0 Å². The summed E-state index contributed by atoms with van der Waals surface area (Å²) in [5, 5.41) is 5.23. The molecule has 134 valence electrons. The highest BCUT2D eigenvalue weighted by Gasteiger charge is 2.29. The van der Waals surface area contributed by atoms with Crippen molar-refractivity contribution in [3.8, 4) is 11.1 Å². The Morgan fingerprint density at radius 3 is 2.31 bits per heavy atom. The maximum atomic E-state index is 12.2. The molecule has 1 saturated heterocycles. The third-order valence-corrected chi connectivity index (χ3v) is 4.47. The normalized spacial score (nSPS) is 17.4. The number of hydrogen-bond acceptors (Lipinski definition) is 3. The second-order valence-electron chi connectivity index (χ2n) is 6.39.